The summed E-state index contributed by atoms with van der Waals surface area (Å²) >= 11 is 1.09. The Balaban J connectivity index is 1.93. The Hall–Kier alpha value is -1.89. The monoisotopic (exact) mass is 319 g/mol. The van der Waals surface area contributed by atoms with Gasteiger partial charge in [-0.3, -0.25) is 4.72 Å². The van der Waals surface area contributed by atoms with Gasteiger partial charge >= 0.3 is 0 Å². The van der Waals surface area contributed by atoms with Gasteiger partial charge in [0.2, 0.25) is 0 Å². The van der Waals surface area contributed by atoms with E-state index in [1.165, 1.54) is 6.07 Å². The number of benzene rings is 2. The second-order valence-electron chi connectivity index (χ2n) is 4.60. The van der Waals surface area contributed by atoms with Crippen LogP contribution in [-0.4, -0.2) is 13.5 Å². The van der Waals surface area contributed by atoms with Gasteiger partial charge in [0.25, 0.3) is 10.0 Å². The minimum absolute atomic E-state index is 0.165. The predicted octanol–water partition coefficient (Wildman–Crippen LogP) is 3.19. The van der Waals surface area contributed by atoms with Crippen LogP contribution in [0.3, 0.4) is 0 Å². The van der Waals surface area contributed by atoms with Crippen molar-refractivity contribution < 1.29 is 13.5 Å². The summed E-state index contributed by atoms with van der Waals surface area (Å²) < 4.78 is 27.3. The fourth-order valence-corrected chi connectivity index (χ4v) is 4.29. The van der Waals surface area contributed by atoms with Crippen molar-refractivity contribution in [3.8, 4) is 0 Å². The number of hydrogen-bond acceptors (Lipinski definition) is 4. The molecule has 0 atom stereocenters. The number of anilines is 1. The van der Waals surface area contributed by atoms with Gasteiger partial charge in [-0.05, 0) is 39.9 Å². The molecule has 21 heavy (non-hydrogen) atoms. The van der Waals surface area contributed by atoms with Crippen molar-refractivity contribution in [1.82, 2.24) is 0 Å². The molecule has 1 aromatic heterocycles. The van der Waals surface area contributed by atoms with Gasteiger partial charge in [-0.15, -0.1) is 11.3 Å². The normalized spacial score (nSPS) is 11.7. The largest absolute Gasteiger partial charge is 0.392 e. The molecule has 0 aliphatic rings. The van der Waals surface area contributed by atoms with Gasteiger partial charge < -0.3 is 5.11 Å². The first kappa shape index (κ1) is 14.1. The molecule has 2 N–H and O–H groups in total. The van der Waals surface area contributed by atoms with E-state index in [0.29, 0.717) is 11.3 Å². The second kappa shape index (κ2) is 5.48. The highest BCUT2D eigenvalue weighted by Gasteiger charge is 2.16. The topological polar surface area (TPSA) is 66.4 Å². The van der Waals surface area contributed by atoms with E-state index >= 15 is 0 Å². The lowest BCUT2D eigenvalue weighted by Crippen LogP contribution is -2.11. The molecule has 0 unspecified atom stereocenters. The van der Waals surface area contributed by atoms with Crippen LogP contribution >= 0.6 is 11.3 Å². The molecule has 0 saturated carbocycles. The van der Waals surface area contributed by atoms with E-state index in [4.69, 9.17) is 5.11 Å². The first-order chi connectivity index (χ1) is 10.1. The van der Waals surface area contributed by atoms with Crippen LogP contribution in [0.5, 0.6) is 0 Å². The number of hydrogen-bond donors (Lipinski definition) is 2. The third kappa shape index (κ3) is 2.92. The van der Waals surface area contributed by atoms with Crippen molar-refractivity contribution in [3.63, 3.8) is 0 Å². The van der Waals surface area contributed by atoms with Crippen molar-refractivity contribution in [3.05, 3.63) is 59.5 Å². The van der Waals surface area contributed by atoms with E-state index in [0.717, 1.165) is 22.1 Å². The average Bonchev–Trinajstić information content (AvgIpc) is 2.96. The number of aliphatic hydroxyl groups is 1. The number of thiophene rings is 1. The van der Waals surface area contributed by atoms with Gasteiger partial charge in [0, 0.05) is 5.69 Å². The summed E-state index contributed by atoms with van der Waals surface area (Å²) in [5, 5.41) is 12.7. The van der Waals surface area contributed by atoms with Crippen LogP contribution in [0, 0.1) is 0 Å². The SMILES string of the molecule is O=S(=O)(Nc1ccc2ccccc2c1)c1cc(CO)cs1. The molecular weight excluding hydrogens is 306 g/mol. The molecule has 3 rings (SSSR count). The zero-order valence-corrected chi connectivity index (χ0v) is 12.6. The zero-order chi connectivity index (χ0) is 14.9. The summed E-state index contributed by atoms with van der Waals surface area (Å²) in [5.41, 5.74) is 1.12. The molecule has 0 spiro atoms. The van der Waals surface area contributed by atoms with Crippen LogP contribution in [0.15, 0.2) is 58.1 Å². The molecule has 6 heteroatoms. The van der Waals surface area contributed by atoms with Crippen LogP contribution in [0.4, 0.5) is 5.69 Å². The Morgan fingerprint density at radius 1 is 1.05 bits per heavy atom. The highest BCUT2D eigenvalue weighted by molar-refractivity contribution is 7.94. The van der Waals surface area contributed by atoms with Crippen molar-refractivity contribution in [1.29, 1.82) is 0 Å². The van der Waals surface area contributed by atoms with Gasteiger partial charge in [-0.25, -0.2) is 8.42 Å². The van der Waals surface area contributed by atoms with Crippen molar-refractivity contribution >= 4 is 37.8 Å². The Bertz CT molecular complexity index is 885. The second-order valence-corrected chi connectivity index (χ2v) is 7.42. The van der Waals surface area contributed by atoms with Gasteiger partial charge in [0.05, 0.1) is 6.61 Å². The number of sulfonamides is 1. The van der Waals surface area contributed by atoms with Crippen LogP contribution in [0.2, 0.25) is 0 Å². The minimum Gasteiger partial charge on any atom is -0.392 e. The highest BCUT2D eigenvalue weighted by Crippen LogP contribution is 2.25. The highest BCUT2D eigenvalue weighted by atomic mass is 32.2. The Morgan fingerprint density at radius 3 is 2.52 bits per heavy atom. The number of fused-ring (bicyclic) bond motifs is 1. The van der Waals surface area contributed by atoms with Crippen molar-refractivity contribution in [2.24, 2.45) is 0 Å². The number of rotatable bonds is 4. The maximum absolute atomic E-state index is 12.3. The van der Waals surface area contributed by atoms with Crippen LogP contribution in [-0.2, 0) is 16.6 Å². The van der Waals surface area contributed by atoms with E-state index in [1.54, 1.807) is 17.5 Å². The third-order valence-corrected chi connectivity index (χ3v) is 5.95. The van der Waals surface area contributed by atoms with E-state index in [-0.39, 0.29) is 10.8 Å². The molecule has 0 bridgehead atoms. The van der Waals surface area contributed by atoms with Crippen LogP contribution in [0.25, 0.3) is 10.8 Å². The first-order valence-electron chi connectivity index (χ1n) is 6.28. The van der Waals surface area contributed by atoms with Crippen LogP contribution < -0.4 is 4.72 Å². The summed E-state index contributed by atoms with van der Waals surface area (Å²) in [7, 11) is -3.61. The number of aliphatic hydroxyl groups excluding tert-OH is 1. The van der Waals surface area contributed by atoms with Gasteiger partial charge in [-0.1, -0.05) is 30.3 Å². The molecule has 0 radical (unpaired) electrons. The maximum Gasteiger partial charge on any atom is 0.271 e. The first-order valence-corrected chi connectivity index (χ1v) is 8.65. The Kier molecular flexibility index (Phi) is 3.67. The molecule has 3 aromatic rings. The summed E-state index contributed by atoms with van der Waals surface area (Å²) in [5.74, 6) is 0. The Morgan fingerprint density at radius 2 is 1.81 bits per heavy atom. The lowest BCUT2D eigenvalue weighted by molar-refractivity contribution is 0.282. The van der Waals surface area contributed by atoms with E-state index < -0.39 is 10.0 Å². The third-order valence-electron chi connectivity index (χ3n) is 3.08. The minimum atomic E-state index is -3.61. The van der Waals surface area contributed by atoms with E-state index in [9.17, 15) is 8.42 Å². The average molecular weight is 319 g/mol. The van der Waals surface area contributed by atoms with Gasteiger partial charge in [0.15, 0.2) is 0 Å². The van der Waals surface area contributed by atoms with Crippen LogP contribution in [0.1, 0.15) is 5.56 Å². The molecule has 4 nitrogen and oxygen atoms in total. The smallest absolute Gasteiger partial charge is 0.271 e. The molecule has 1 heterocycles. The molecule has 2 aromatic carbocycles. The summed E-state index contributed by atoms with van der Waals surface area (Å²) in [6.07, 6.45) is 0. The lowest BCUT2D eigenvalue weighted by Gasteiger charge is -2.07. The molecule has 108 valence electrons. The molecule has 0 saturated heterocycles. The predicted molar refractivity (Wildman–Crippen MR) is 85.0 cm³/mol. The standard InChI is InChI=1S/C15H13NO3S2/c17-9-11-7-15(20-10-11)21(18,19)16-14-6-5-12-3-1-2-4-13(12)8-14/h1-8,10,16-17H,9H2. The van der Waals surface area contributed by atoms with E-state index in [1.807, 2.05) is 30.3 Å². The molecule has 0 aliphatic carbocycles. The quantitative estimate of drug-likeness (QED) is 0.776. The van der Waals surface area contributed by atoms with Crippen molar-refractivity contribution in [2.45, 2.75) is 10.8 Å². The molecule has 0 amide bonds. The molecule has 0 aliphatic heterocycles. The van der Waals surface area contributed by atoms with Gasteiger partial charge in [-0.2, -0.15) is 0 Å². The summed E-state index contributed by atoms with van der Waals surface area (Å²) in [4.78, 5) is 0. The summed E-state index contributed by atoms with van der Waals surface area (Å²) in [6, 6.07) is 14.6. The van der Waals surface area contributed by atoms with Crippen molar-refractivity contribution in [2.75, 3.05) is 4.72 Å². The molecular formula is C15H13NO3S2. The lowest BCUT2D eigenvalue weighted by atomic mass is 10.1. The van der Waals surface area contributed by atoms with E-state index in [2.05, 4.69) is 4.72 Å². The fraction of sp³-hybridized carbons (Fsp3) is 0.0667. The number of nitrogens with one attached hydrogen (secondary N) is 1. The Labute approximate surface area is 126 Å². The van der Waals surface area contributed by atoms with Gasteiger partial charge in [0.1, 0.15) is 4.21 Å². The zero-order valence-electron chi connectivity index (χ0n) is 11.0. The summed E-state index contributed by atoms with van der Waals surface area (Å²) in [6.45, 7) is -0.165. The maximum atomic E-state index is 12.3. The fourth-order valence-electron chi connectivity index (χ4n) is 2.04. The molecule has 0 fully saturated rings.